The lowest BCUT2D eigenvalue weighted by atomic mass is 10.3. The van der Waals surface area contributed by atoms with E-state index in [0.717, 1.165) is 0 Å². The molecule has 0 saturated carbocycles. The highest BCUT2D eigenvalue weighted by molar-refractivity contribution is 8.48. The molecule has 0 aromatic carbocycles. The topological polar surface area (TPSA) is 3.24 Å². The van der Waals surface area contributed by atoms with E-state index in [1.165, 1.54) is 5.75 Å². The molecule has 0 aromatic heterocycles. The zero-order valence-corrected chi connectivity index (χ0v) is 10.3. The van der Waals surface area contributed by atoms with E-state index >= 15 is 0 Å². The monoisotopic (exact) mass is 194 g/mol. The van der Waals surface area contributed by atoms with E-state index in [1.54, 1.807) is 0 Å². The molecule has 0 aliphatic rings. The normalized spacial score (nSPS) is 13.1. The molecule has 1 nitrogen and oxygen atoms in total. The van der Waals surface area contributed by atoms with Crippen molar-refractivity contribution in [2.24, 2.45) is 0 Å². The zero-order valence-electron chi connectivity index (χ0n) is 8.29. The first-order valence-electron chi connectivity index (χ1n) is 4.32. The van der Waals surface area contributed by atoms with Crippen LogP contribution >= 0.6 is 19.3 Å². The highest BCUT2D eigenvalue weighted by Crippen LogP contribution is 2.36. The molecular weight excluding hydrogens is 173 g/mol. The third-order valence-electron chi connectivity index (χ3n) is 1.56. The minimum absolute atomic E-state index is 0.457. The van der Waals surface area contributed by atoms with Gasteiger partial charge in [-0.15, -0.1) is 0 Å². The molecule has 1 atom stereocenters. The molecule has 0 spiro atoms. The number of hydrogen-bond donors (Lipinski definition) is 0. The Morgan fingerprint density at radius 2 is 1.64 bits per heavy atom. The Morgan fingerprint density at radius 3 is 1.91 bits per heavy atom. The van der Waals surface area contributed by atoms with Crippen molar-refractivity contribution < 1.29 is 0 Å². The Hall–Kier alpha value is 0.740. The highest BCUT2D eigenvalue weighted by atomic mass is 32.7. The van der Waals surface area contributed by atoms with Gasteiger partial charge in [-0.05, 0) is 27.7 Å². The first-order chi connectivity index (χ1) is 5.09. The molecule has 0 aliphatic heterocycles. The first-order valence-corrected chi connectivity index (χ1v) is 7.29. The second kappa shape index (κ2) is 6.28. The summed E-state index contributed by atoms with van der Waals surface area (Å²) in [6, 6.07) is 1.42. The average Bonchev–Trinajstić information content (AvgIpc) is 1.87. The van der Waals surface area contributed by atoms with Gasteiger partial charge in [0.2, 0.25) is 0 Å². The summed E-state index contributed by atoms with van der Waals surface area (Å²) in [5.74, 6) is 1.26. The van der Waals surface area contributed by atoms with Crippen molar-refractivity contribution in [1.82, 2.24) is 4.67 Å². The largest absolute Gasteiger partial charge is 0.169 e. The summed E-state index contributed by atoms with van der Waals surface area (Å²) in [7, 11) is 0.457. The van der Waals surface area contributed by atoms with Gasteiger partial charge in [-0.3, -0.25) is 0 Å². The molecular formula is C8H21NPS+. The van der Waals surface area contributed by atoms with Gasteiger partial charge >= 0.3 is 0 Å². The Bertz CT molecular complexity index is 88.1. The fourth-order valence-corrected chi connectivity index (χ4v) is 4.23. The Balaban J connectivity index is 3.70. The van der Waals surface area contributed by atoms with Crippen molar-refractivity contribution in [2.45, 2.75) is 46.7 Å². The fourth-order valence-electron chi connectivity index (χ4n) is 1.00. The Kier molecular flexibility index (Phi) is 6.70. The second-order valence-electron chi connectivity index (χ2n) is 3.20. The van der Waals surface area contributed by atoms with E-state index in [2.05, 4.69) is 50.7 Å². The maximum atomic E-state index is 2.59. The maximum absolute atomic E-state index is 2.59. The third kappa shape index (κ3) is 5.05. The van der Waals surface area contributed by atoms with E-state index in [9.17, 15) is 0 Å². The lowest BCUT2D eigenvalue weighted by molar-refractivity contribution is 0.333. The van der Waals surface area contributed by atoms with E-state index in [4.69, 9.17) is 0 Å². The van der Waals surface area contributed by atoms with Crippen molar-refractivity contribution in [1.29, 1.82) is 0 Å². The molecule has 0 aliphatic carbocycles. The quantitative estimate of drug-likeness (QED) is 0.619. The summed E-state index contributed by atoms with van der Waals surface area (Å²) in [6.45, 7) is 11.4. The summed E-state index contributed by atoms with van der Waals surface area (Å²) < 4.78 is 2.59. The van der Waals surface area contributed by atoms with Crippen LogP contribution in [0.1, 0.15) is 34.6 Å². The van der Waals surface area contributed by atoms with Crippen LogP contribution in [0.4, 0.5) is 0 Å². The SMILES string of the molecule is CCS[PH2+]N(C(C)C)C(C)C. The summed E-state index contributed by atoms with van der Waals surface area (Å²) in [5.41, 5.74) is 0. The van der Waals surface area contributed by atoms with Gasteiger partial charge in [-0.25, -0.2) is 0 Å². The fraction of sp³-hybridized carbons (Fsp3) is 1.00. The van der Waals surface area contributed by atoms with Crippen LogP contribution in [0.2, 0.25) is 0 Å². The summed E-state index contributed by atoms with van der Waals surface area (Å²) >= 11 is 2.08. The van der Waals surface area contributed by atoms with Gasteiger partial charge in [-0.1, -0.05) is 6.92 Å². The molecule has 0 amide bonds. The van der Waals surface area contributed by atoms with Crippen molar-refractivity contribution in [3.05, 3.63) is 0 Å². The van der Waals surface area contributed by atoms with E-state index in [1.807, 2.05) is 0 Å². The van der Waals surface area contributed by atoms with Gasteiger partial charge in [0, 0.05) is 29.2 Å². The molecule has 0 radical (unpaired) electrons. The Morgan fingerprint density at radius 1 is 1.18 bits per heavy atom. The lowest BCUT2D eigenvalue weighted by Gasteiger charge is -2.22. The van der Waals surface area contributed by atoms with Crippen LogP contribution in [0.3, 0.4) is 0 Å². The van der Waals surface area contributed by atoms with Crippen LogP contribution in [0, 0.1) is 0 Å². The number of rotatable bonds is 5. The lowest BCUT2D eigenvalue weighted by Crippen LogP contribution is -2.28. The number of hydrogen-bond acceptors (Lipinski definition) is 2. The van der Waals surface area contributed by atoms with Gasteiger partial charge in [0.1, 0.15) is 7.93 Å². The molecule has 0 fully saturated rings. The first kappa shape index (κ1) is 11.7. The van der Waals surface area contributed by atoms with Crippen molar-refractivity contribution in [3.8, 4) is 0 Å². The molecule has 0 saturated heterocycles. The molecule has 11 heavy (non-hydrogen) atoms. The van der Waals surface area contributed by atoms with Crippen molar-refractivity contribution >= 4 is 19.3 Å². The van der Waals surface area contributed by atoms with Crippen LogP contribution in [-0.2, 0) is 0 Å². The minimum atomic E-state index is 0.457. The van der Waals surface area contributed by atoms with Crippen LogP contribution in [-0.4, -0.2) is 22.5 Å². The maximum Gasteiger partial charge on any atom is 0.117 e. The molecule has 0 rings (SSSR count). The number of nitrogens with zero attached hydrogens (tertiary/aromatic N) is 1. The molecule has 0 heterocycles. The summed E-state index contributed by atoms with van der Waals surface area (Å²) in [5, 5.41) is 0. The van der Waals surface area contributed by atoms with Gasteiger partial charge in [0.15, 0.2) is 0 Å². The molecule has 0 bridgehead atoms. The van der Waals surface area contributed by atoms with Gasteiger partial charge < -0.3 is 0 Å². The second-order valence-corrected chi connectivity index (χ2v) is 6.55. The highest BCUT2D eigenvalue weighted by Gasteiger charge is 2.18. The molecule has 3 heteroatoms. The van der Waals surface area contributed by atoms with Crippen molar-refractivity contribution in [2.75, 3.05) is 5.75 Å². The summed E-state index contributed by atoms with van der Waals surface area (Å²) in [6.07, 6.45) is 0. The Labute approximate surface area is 76.9 Å². The summed E-state index contributed by atoms with van der Waals surface area (Å²) in [4.78, 5) is 0. The average molecular weight is 194 g/mol. The molecule has 68 valence electrons. The van der Waals surface area contributed by atoms with Crippen LogP contribution < -0.4 is 0 Å². The molecule has 0 N–H and O–H groups in total. The predicted octanol–water partition coefficient (Wildman–Crippen LogP) is 3.10. The van der Waals surface area contributed by atoms with Gasteiger partial charge in [0.25, 0.3) is 0 Å². The van der Waals surface area contributed by atoms with Gasteiger partial charge in [0.05, 0.1) is 0 Å². The minimum Gasteiger partial charge on any atom is -0.169 e. The van der Waals surface area contributed by atoms with Gasteiger partial charge in [-0.2, -0.15) is 4.67 Å². The van der Waals surface area contributed by atoms with E-state index in [0.29, 0.717) is 20.0 Å². The van der Waals surface area contributed by atoms with Crippen LogP contribution in [0.5, 0.6) is 0 Å². The standard InChI is InChI=1S/C8H20NPS/c1-6-11-10-9(7(2)3)8(4)5/h7-8,10H,6H2,1-5H3/p+1. The van der Waals surface area contributed by atoms with E-state index < -0.39 is 0 Å². The zero-order chi connectivity index (χ0) is 8.85. The third-order valence-corrected chi connectivity index (χ3v) is 5.65. The van der Waals surface area contributed by atoms with E-state index in [-0.39, 0.29) is 0 Å². The molecule has 1 unspecified atom stereocenters. The van der Waals surface area contributed by atoms with Crippen molar-refractivity contribution in [3.63, 3.8) is 0 Å². The van der Waals surface area contributed by atoms with Crippen LogP contribution in [0.15, 0.2) is 0 Å². The smallest absolute Gasteiger partial charge is 0.117 e. The molecule has 0 aromatic rings. The van der Waals surface area contributed by atoms with Crippen LogP contribution in [0.25, 0.3) is 0 Å². The predicted molar refractivity (Wildman–Crippen MR) is 60.0 cm³/mol.